The molecule has 1 heterocycles. The average molecular weight is 331 g/mol. The van der Waals surface area contributed by atoms with E-state index in [2.05, 4.69) is 10.3 Å². The zero-order valence-corrected chi connectivity index (χ0v) is 12.7. The molecular weight excluding hydrogens is 320 g/mol. The number of imidazole rings is 1. The van der Waals surface area contributed by atoms with Gasteiger partial charge < -0.3 is 4.57 Å². The van der Waals surface area contributed by atoms with Crippen molar-refractivity contribution in [1.82, 2.24) is 9.55 Å². The molecule has 23 heavy (non-hydrogen) atoms. The molecule has 0 radical (unpaired) electrons. The molecule has 1 aromatic heterocycles. The van der Waals surface area contributed by atoms with E-state index in [1.54, 1.807) is 35.9 Å². The number of nitrogens with zero attached hydrogens (tertiary/aromatic N) is 3. The molecule has 0 aliphatic carbocycles. The van der Waals surface area contributed by atoms with Gasteiger partial charge >= 0.3 is 0 Å². The summed E-state index contributed by atoms with van der Waals surface area (Å²) in [5.41, 5.74) is 1.12. The molecule has 8 heteroatoms. The van der Waals surface area contributed by atoms with Crippen molar-refractivity contribution in [3.05, 3.63) is 63.2 Å². The second-order valence-corrected chi connectivity index (χ2v) is 5.29. The van der Waals surface area contributed by atoms with Gasteiger partial charge in [0.15, 0.2) is 0 Å². The molecule has 1 N–H and O–H groups in total. The lowest BCUT2D eigenvalue weighted by atomic mass is 10.1. The van der Waals surface area contributed by atoms with Crippen LogP contribution in [-0.4, -0.2) is 20.4 Å². The third-order valence-electron chi connectivity index (χ3n) is 3.41. The minimum Gasteiger partial charge on any atom is -0.313 e. The topological polar surface area (TPSA) is 90.1 Å². The van der Waals surface area contributed by atoms with Crippen LogP contribution >= 0.6 is 11.6 Å². The maximum absolute atomic E-state index is 12.3. The summed E-state index contributed by atoms with van der Waals surface area (Å²) in [6, 6.07) is 10.9. The summed E-state index contributed by atoms with van der Waals surface area (Å²) in [7, 11) is 1.73. The van der Waals surface area contributed by atoms with Crippen LogP contribution in [0.3, 0.4) is 0 Å². The van der Waals surface area contributed by atoms with Gasteiger partial charge in [-0.2, -0.15) is 0 Å². The van der Waals surface area contributed by atoms with Crippen molar-refractivity contribution in [2.24, 2.45) is 7.05 Å². The number of aromatic nitrogens is 2. The fourth-order valence-corrected chi connectivity index (χ4v) is 2.44. The number of rotatable bonds is 3. The van der Waals surface area contributed by atoms with Crippen LogP contribution in [0.5, 0.6) is 0 Å². The van der Waals surface area contributed by atoms with Crippen LogP contribution in [-0.2, 0) is 7.05 Å². The number of aryl methyl sites for hydroxylation is 1. The Morgan fingerprint density at radius 1 is 1.30 bits per heavy atom. The highest BCUT2D eigenvalue weighted by atomic mass is 35.5. The van der Waals surface area contributed by atoms with Gasteiger partial charge in [-0.3, -0.25) is 20.2 Å². The van der Waals surface area contributed by atoms with Crippen molar-refractivity contribution in [1.29, 1.82) is 0 Å². The van der Waals surface area contributed by atoms with Gasteiger partial charge in [-0.25, -0.2) is 4.98 Å². The highest BCUT2D eigenvalue weighted by Gasteiger charge is 2.20. The number of carbonyl (C=O) groups is 1. The molecule has 0 spiro atoms. The second kappa shape index (κ2) is 5.69. The molecule has 0 bridgehead atoms. The van der Waals surface area contributed by atoms with E-state index in [4.69, 9.17) is 11.6 Å². The molecule has 0 aliphatic rings. The van der Waals surface area contributed by atoms with Crippen molar-refractivity contribution in [2.75, 3.05) is 5.32 Å². The molecule has 0 saturated heterocycles. The average Bonchev–Trinajstić information content (AvgIpc) is 2.82. The Morgan fingerprint density at radius 3 is 2.78 bits per heavy atom. The zero-order valence-electron chi connectivity index (χ0n) is 12.0. The Bertz CT molecular complexity index is 936. The number of nitro groups is 1. The van der Waals surface area contributed by atoms with Crippen LogP contribution in [0, 0.1) is 10.1 Å². The Balaban J connectivity index is 1.98. The van der Waals surface area contributed by atoms with Crippen LogP contribution in [0.1, 0.15) is 10.4 Å². The largest absolute Gasteiger partial charge is 0.313 e. The number of benzene rings is 2. The number of para-hydroxylation sites is 1. The lowest BCUT2D eigenvalue weighted by molar-refractivity contribution is -0.385. The lowest BCUT2D eigenvalue weighted by Crippen LogP contribution is -2.16. The summed E-state index contributed by atoms with van der Waals surface area (Å²) in [6.45, 7) is 0. The lowest BCUT2D eigenvalue weighted by Gasteiger charge is -2.05. The van der Waals surface area contributed by atoms with Gasteiger partial charge in [0.05, 0.1) is 16.0 Å². The number of anilines is 1. The number of nitrogens with one attached hydrogen (secondary N) is 1. The van der Waals surface area contributed by atoms with E-state index in [0.29, 0.717) is 10.5 Å². The molecular formula is C15H11ClN4O3. The van der Waals surface area contributed by atoms with Crippen molar-refractivity contribution in [3.8, 4) is 0 Å². The minimum atomic E-state index is -0.596. The van der Waals surface area contributed by atoms with Gasteiger partial charge in [-0.05, 0) is 24.3 Å². The summed E-state index contributed by atoms with van der Waals surface area (Å²) in [5.74, 6) is -0.313. The molecule has 0 saturated carbocycles. The normalized spacial score (nSPS) is 10.7. The molecule has 0 atom stereocenters. The summed E-state index contributed by atoms with van der Waals surface area (Å²) in [6.07, 6.45) is 0. The number of hydrogen-bond acceptors (Lipinski definition) is 4. The van der Waals surface area contributed by atoms with E-state index in [1.807, 2.05) is 0 Å². The zero-order chi connectivity index (χ0) is 16.6. The van der Waals surface area contributed by atoms with Crippen molar-refractivity contribution in [3.63, 3.8) is 0 Å². The summed E-state index contributed by atoms with van der Waals surface area (Å²) in [4.78, 5) is 27.1. The van der Waals surface area contributed by atoms with Gasteiger partial charge in [0.1, 0.15) is 5.56 Å². The number of fused-ring (bicyclic) bond motifs is 1. The number of amides is 1. The fraction of sp³-hybridized carbons (Fsp3) is 0.0667. The van der Waals surface area contributed by atoms with Crippen molar-refractivity contribution < 1.29 is 9.72 Å². The van der Waals surface area contributed by atoms with E-state index in [-0.39, 0.29) is 17.2 Å². The predicted molar refractivity (Wildman–Crippen MR) is 86.8 cm³/mol. The molecule has 0 aliphatic heterocycles. The molecule has 7 nitrogen and oxygen atoms in total. The number of hydrogen-bond donors (Lipinski definition) is 1. The quantitative estimate of drug-likeness (QED) is 0.588. The molecule has 3 aromatic rings. The first-order chi connectivity index (χ1) is 11.0. The van der Waals surface area contributed by atoms with Gasteiger partial charge in [0.25, 0.3) is 11.6 Å². The first-order valence-corrected chi connectivity index (χ1v) is 7.02. The molecule has 0 unspecified atom stereocenters. The maximum Gasteiger partial charge on any atom is 0.282 e. The van der Waals surface area contributed by atoms with Crippen molar-refractivity contribution >= 4 is 40.2 Å². The summed E-state index contributed by atoms with van der Waals surface area (Å²) >= 11 is 5.93. The Hall–Kier alpha value is -2.93. The molecule has 2 aromatic carbocycles. The monoisotopic (exact) mass is 330 g/mol. The SMILES string of the molecule is Cn1c(NC(=O)c2ccccc2[N+](=O)[O-])nc2cc(Cl)ccc21. The number of carbonyl (C=O) groups excluding carboxylic acids is 1. The predicted octanol–water partition coefficient (Wildman–Crippen LogP) is 3.39. The van der Waals surface area contributed by atoms with Gasteiger partial charge in [0.2, 0.25) is 5.95 Å². The van der Waals surface area contributed by atoms with Crippen molar-refractivity contribution in [2.45, 2.75) is 0 Å². The Morgan fingerprint density at radius 2 is 2.04 bits per heavy atom. The standard InChI is InChI=1S/C15H11ClN4O3/c1-19-13-7-6-9(16)8-11(13)17-15(19)18-14(21)10-4-2-3-5-12(10)20(22)23/h2-8H,1H3,(H,17,18,21). The second-order valence-electron chi connectivity index (χ2n) is 4.86. The third-order valence-corrected chi connectivity index (χ3v) is 3.65. The van der Waals surface area contributed by atoms with E-state index >= 15 is 0 Å². The van der Waals surface area contributed by atoms with Gasteiger partial charge in [-0.15, -0.1) is 0 Å². The third kappa shape index (κ3) is 2.74. The Labute approximate surface area is 135 Å². The Kier molecular flexibility index (Phi) is 3.71. The first kappa shape index (κ1) is 15.0. The van der Waals surface area contributed by atoms with E-state index in [9.17, 15) is 14.9 Å². The van der Waals surface area contributed by atoms with Crippen LogP contribution in [0.2, 0.25) is 5.02 Å². The van der Waals surface area contributed by atoms with Gasteiger partial charge in [-0.1, -0.05) is 23.7 Å². The summed E-state index contributed by atoms with van der Waals surface area (Å²) in [5, 5.41) is 14.1. The van der Waals surface area contributed by atoms with Crippen LogP contribution < -0.4 is 5.32 Å². The van der Waals surface area contributed by atoms with Crippen LogP contribution in [0.15, 0.2) is 42.5 Å². The minimum absolute atomic E-state index is 0.0254. The fourth-order valence-electron chi connectivity index (χ4n) is 2.28. The molecule has 116 valence electrons. The summed E-state index contributed by atoms with van der Waals surface area (Å²) < 4.78 is 1.68. The smallest absolute Gasteiger partial charge is 0.282 e. The highest BCUT2D eigenvalue weighted by Crippen LogP contribution is 2.23. The molecule has 1 amide bonds. The van der Waals surface area contributed by atoms with Crippen LogP contribution in [0.25, 0.3) is 11.0 Å². The first-order valence-electron chi connectivity index (χ1n) is 6.64. The van der Waals surface area contributed by atoms with E-state index in [1.165, 1.54) is 18.2 Å². The van der Waals surface area contributed by atoms with E-state index in [0.717, 1.165) is 5.52 Å². The van der Waals surface area contributed by atoms with E-state index < -0.39 is 10.8 Å². The molecule has 0 fully saturated rings. The molecule has 3 rings (SSSR count). The number of nitro benzene ring substituents is 1. The maximum atomic E-state index is 12.3. The van der Waals surface area contributed by atoms with Crippen LogP contribution in [0.4, 0.5) is 11.6 Å². The number of halogens is 1. The highest BCUT2D eigenvalue weighted by molar-refractivity contribution is 6.31. The van der Waals surface area contributed by atoms with Gasteiger partial charge in [0, 0.05) is 18.1 Å².